The Morgan fingerprint density at radius 2 is 1.00 bits per heavy atom. The van der Waals surface area contributed by atoms with E-state index in [4.69, 9.17) is 4.74 Å². The summed E-state index contributed by atoms with van der Waals surface area (Å²) in [5, 5.41) is 0. The normalized spacial score (nSPS) is 22.8. The third-order valence-electron chi connectivity index (χ3n) is 6.25. The van der Waals surface area contributed by atoms with E-state index in [-0.39, 0.29) is 0 Å². The number of piperidine rings is 2. The van der Waals surface area contributed by atoms with Gasteiger partial charge in [-0.15, -0.1) is 0 Å². The molecule has 2 heterocycles. The molecule has 0 spiro atoms. The van der Waals surface area contributed by atoms with Crippen molar-refractivity contribution in [1.82, 2.24) is 9.80 Å². The Balaban J connectivity index is 1.63. The molecule has 0 aromatic carbocycles. The highest BCUT2D eigenvalue weighted by atomic mass is 16.5. The first-order valence-corrected chi connectivity index (χ1v) is 11.4. The predicted molar refractivity (Wildman–Crippen MR) is 108 cm³/mol. The molecular formula is C22H44N2O. The molecule has 2 fully saturated rings. The molecule has 0 aromatic heterocycles. The minimum absolute atomic E-state index is 0.763. The van der Waals surface area contributed by atoms with E-state index < -0.39 is 0 Å². The van der Waals surface area contributed by atoms with Crippen molar-refractivity contribution in [3.8, 4) is 0 Å². The Hall–Kier alpha value is -0.120. The van der Waals surface area contributed by atoms with Crippen LogP contribution in [0, 0.1) is 0 Å². The van der Waals surface area contributed by atoms with Crippen LogP contribution >= 0.6 is 0 Å². The van der Waals surface area contributed by atoms with Crippen molar-refractivity contribution in [1.29, 1.82) is 0 Å². The van der Waals surface area contributed by atoms with Gasteiger partial charge in [0.15, 0.2) is 0 Å². The van der Waals surface area contributed by atoms with Gasteiger partial charge in [0.05, 0.1) is 0 Å². The second kappa shape index (κ2) is 13.1. The zero-order valence-corrected chi connectivity index (χ0v) is 17.2. The lowest BCUT2D eigenvalue weighted by molar-refractivity contribution is 0.0632. The summed E-state index contributed by atoms with van der Waals surface area (Å²) in [7, 11) is 0. The molecule has 2 aliphatic rings. The molecule has 3 nitrogen and oxygen atoms in total. The first-order valence-electron chi connectivity index (χ1n) is 11.4. The third kappa shape index (κ3) is 7.97. The Morgan fingerprint density at radius 3 is 1.36 bits per heavy atom. The first-order chi connectivity index (χ1) is 12.3. The Labute approximate surface area is 157 Å². The highest BCUT2D eigenvalue weighted by molar-refractivity contribution is 4.76. The largest absolute Gasteiger partial charge is 0.381 e. The summed E-state index contributed by atoms with van der Waals surface area (Å²) in [6.07, 6.45) is 16.2. The van der Waals surface area contributed by atoms with Crippen LogP contribution in [0.1, 0.15) is 90.9 Å². The van der Waals surface area contributed by atoms with Crippen molar-refractivity contribution < 1.29 is 4.74 Å². The molecule has 2 unspecified atom stereocenters. The minimum Gasteiger partial charge on any atom is -0.381 e. The van der Waals surface area contributed by atoms with Gasteiger partial charge in [0.2, 0.25) is 0 Å². The number of hydrogen-bond donors (Lipinski definition) is 0. The van der Waals surface area contributed by atoms with Gasteiger partial charge in [-0.05, 0) is 77.5 Å². The van der Waals surface area contributed by atoms with Crippen LogP contribution in [0.4, 0.5) is 0 Å². The minimum atomic E-state index is 0.763. The SMILES string of the molecule is CCCC(CCOCCC(CCC)N1CCCCC1)N1CCCCC1. The first kappa shape index (κ1) is 21.2. The zero-order valence-electron chi connectivity index (χ0n) is 17.2. The van der Waals surface area contributed by atoms with E-state index >= 15 is 0 Å². The summed E-state index contributed by atoms with van der Waals surface area (Å²) in [6.45, 7) is 11.8. The van der Waals surface area contributed by atoms with Gasteiger partial charge in [-0.3, -0.25) is 0 Å². The number of likely N-dealkylation sites (tertiary alicyclic amines) is 2. The molecule has 2 aliphatic heterocycles. The fourth-order valence-electron chi connectivity index (χ4n) is 4.79. The van der Waals surface area contributed by atoms with Crippen LogP contribution in [0.3, 0.4) is 0 Å². The van der Waals surface area contributed by atoms with Gasteiger partial charge in [-0.1, -0.05) is 39.5 Å². The van der Waals surface area contributed by atoms with Gasteiger partial charge in [-0.25, -0.2) is 0 Å². The van der Waals surface area contributed by atoms with Gasteiger partial charge in [0.1, 0.15) is 0 Å². The molecule has 0 N–H and O–H groups in total. The maximum atomic E-state index is 6.12. The van der Waals surface area contributed by atoms with E-state index in [0.717, 1.165) is 25.3 Å². The molecule has 0 aliphatic carbocycles. The standard InChI is InChI=1S/C22H44N2O/c1-3-11-21(23-15-7-5-8-16-23)13-19-25-20-14-22(12-4-2)24-17-9-6-10-18-24/h21-22H,3-20H2,1-2H3. The molecular weight excluding hydrogens is 308 g/mol. The van der Waals surface area contributed by atoms with Gasteiger partial charge in [0, 0.05) is 25.3 Å². The van der Waals surface area contributed by atoms with E-state index in [0.29, 0.717) is 0 Å². The van der Waals surface area contributed by atoms with Crippen LogP contribution in [0.25, 0.3) is 0 Å². The lowest BCUT2D eigenvalue weighted by Gasteiger charge is -2.35. The van der Waals surface area contributed by atoms with Crippen LogP contribution < -0.4 is 0 Å². The number of nitrogens with zero attached hydrogens (tertiary/aromatic N) is 2. The van der Waals surface area contributed by atoms with Crippen LogP contribution in [-0.2, 0) is 4.74 Å². The lowest BCUT2D eigenvalue weighted by atomic mass is 10.0. The summed E-state index contributed by atoms with van der Waals surface area (Å²) in [5.41, 5.74) is 0. The maximum Gasteiger partial charge on any atom is 0.0480 e. The van der Waals surface area contributed by atoms with E-state index in [1.807, 2.05) is 0 Å². The van der Waals surface area contributed by atoms with Crippen molar-refractivity contribution in [3.63, 3.8) is 0 Å². The summed E-state index contributed by atoms with van der Waals surface area (Å²) in [6, 6.07) is 1.53. The molecule has 148 valence electrons. The average Bonchev–Trinajstić information content (AvgIpc) is 2.67. The molecule has 2 rings (SSSR count). The van der Waals surface area contributed by atoms with Crippen molar-refractivity contribution in [2.45, 2.75) is 103 Å². The molecule has 3 heteroatoms. The van der Waals surface area contributed by atoms with Gasteiger partial charge < -0.3 is 14.5 Å². The fourth-order valence-corrected chi connectivity index (χ4v) is 4.79. The van der Waals surface area contributed by atoms with E-state index in [2.05, 4.69) is 23.6 Å². The van der Waals surface area contributed by atoms with Crippen LogP contribution in [0.2, 0.25) is 0 Å². The number of ether oxygens (including phenoxy) is 1. The van der Waals surface area contributed by atoms with Crippen molar-refractivity contribution in [3.05, 3.63) is 0 Å². The smallest absolute Gasteiger partial charge is 0.0480 e. The second-order valence-electron chi connectivity index (χ2n) is 8.27. The van der Waals surface area contributed by atoms with Crippen molar-refractivity contribution in [2.75, 3.05) is 39.4 Å². The molecule has 0 saturated carbocycles. The van der Waals surface area contributed by atoms with Gasteiger partial charge in [0.25, 0.3) is 0 Å². The molecule has 25 heavy (non-hydrogen) atoms. The van der Waals surface area contributed by atoms with Crippen molar-refractivity contribution >= 4 is 0 Å². The van der Waals surface area contributed by atoms with Crippen LogP contribution in [-0.4, -0.2) is 61.3 Å². The molecule has 0 radical (unpaired) electrons. The van der Waals surface area contributed by atoms with E-state index in [1.54, 1.807) is 0 Å². The fraction of sp³-hybridized carbons (Fsp3) is 1.00. The average molecular weight is 353 g/mol. The number of rotatable bonds is 12. The highest BCUT2D eigenvalue weighted by Crippen LogP contribution is 2.19. The quantitative estimate of drug-likeness (QED) is 0.455. The van der Waals surface area contributed by atoms with Crippen LogP contribution in [0.5, 0.6) is 0 Å². The molecule has 2 atom stereocenters. The molecule has 0 amide bonds. The monoisotopic (exact) mass is 352 g/mol. The van der Waals surface area contributed by atoms with E-state index in [9.17, 15) is 0 Å². The Morgan fingerprint density at radius 1 is 0.600 bits per heavy atom. The lowest BCUT2D eigenvalue weighted by Crippen LogP contribution is -2.40. The zero-order chi connectivity index (χ0) is 17.7. The molecule has 0 bridgehead atoms. The van der Waals surface area contributed by atoms with Crippen LogP contribution in [0.15, 0.2) is 0 Å². The summed E-state index contributed by atoms with van der Waals surface area (Å²) in [4.78, 5) is 5.48. The van der Waals surface area contributed by atoms with Gasteiger partial charge in [-0.2, -0.15) is 0 Å². The van der Waals surface area contributed by atoms with Crippen molar-refractivity contribution in [2.24, 2.45) is 0 Å². The summed E-state index contributed by atoms with van der Waals surface area (Å²) < 4.78 is 6.12. The Kier molecular flexibility index (Phi) is 11.1. The topological polar surface area (TPSA) is 15.7 Å². The number of hydrogen-bond acceptors (Lipinski definition) is 3. The summed E-state index contributed by atoms with van der Waals surface area (Å²) >= 11 is 0. The van der Waals surface area contributed by atoms with E-state index in [1.165, 1.54) is 103 Å². The molecule has 2 saturated heterocycles. The van der Waals surface area contributed by atoms with Gasteiger partial charge >= 0.3 is 0 Å². The summed E-state index contributed by atoms with van der Waals surface area (Å²) in [5.74, 6) is 0. The Bertz CT molecular complexity index is 281. The maximum absolute atomic E-state index is 6.12. The molecule has 0 aromatic rings. The third-order valence-corrected chi connectivity index (χ3v) is 6.25. The second-order valence-corrected chi connectivity index (χ2v) is 8.27. The predicted octanol–water partition coefficient (Wildman–Crippen LogP) is 5.09. The highest BCUT2D eigenvalue weighted by Gasteiger charge is 2.21.